The molecule has 0 aliphatic carbocycles. The van der Waals surface area contributed by atoms with Crippen molar-refractivity contribution < 1.29 is 9.53 Å². The van der Waals surface area contributed by atoms with Crippen LogP contribution >= 0.6 is 11.6 Å². The number of hydrazine groups is 1. The average molecular weight is 299 g/mol. The van der Waals surface area contributed by atoms with Gasteiger partial charge in [-0.3, -0.25) is 4.79 Å². The zero-order valence-electron chi connectivity index (χ0n) is 11.4. The van der Waals surface area contributed by atoms with Crippen LogP contribution in [0.4, 0.5) is 5.82 Å². The molecular formula is C13H19ClN4O2. The fraction of sp³-hybridized carbons (Fsp3) is 0.538. The first-order valence-corrected chi connectivity index (χ1v) is 6.96. The minimum Gasteiger partial charge on any atom is -0.381 e. The molecule has 0 unspecified atom stereocenters. The molecule has 3 N–H and O–H groups in total. The first kappa shape index (κ1) is 15.0. The summed E-state index contributed by atoms with van der Waals surface area (Å²) < 4.78 is 5.32. The number of nitrogens with two attached hydrogens (primary N) is 1. The van der Waals surface area contributed by atoms with Crippen LogP contribution in [0.1, 0.15) is 23.3 Å². The van der Waals surface area contributed by atoms with Crippen LogP contribution in [0.25, 0.3) is 0 Å². The van der Waals surface area contributed by atoms with E-state index in [0.29, 0.717) is 23.3 Å². The number of rotatable bonds is 4. The Hall–Kier alpha value is -1.37. The minimum absolute atomic E-state index is 0.196. The Morgan fingerprint density at radius 2 is 2.25 bits per heavy atom. The van der Waals surface area contributed by atoms with Gasteiger partial charge in [0.25, 0.3) is 5.91 Å². The van der Waals surface area contributed by atoms with Crippen molar-refractivity contribution in [3.8, 4) is 0 Å². The summed E-state index contributed by atoms with van der Waals surface area (Å²) in [5.74, 6) is 5.98. The predicted molar refractivity (Wildman–Crippen MR) is 77.6 cm³/mol. The maximum absolute atomic E-state index is 12.4. The molecule has 0 aromatic carbocycles. The van der Waals surface area contributed by atoms with E-state index in [0.717, 1.165) is 26.1 Å². The molecule has 0 spiro atoms. The van der Waals surface area contributed by atoms with E-state index in [1.807, 2.05) is 0 Å². The summed E-state index contributed by atoms with van der Waals surface area (Å²) in [5, 5.41) is 0.327. The Morgan fingerprint density at radius 1 is 1.55 bits per heavy atom. The largest absolute Gasteiger partial charge is 0.381 e. The van der Waals surface area contributed by atoms with Crippen LogP contribution < -0.4 is 11.3 Å². The zero-order valence-corrected chi connectivity index (χ0v) is 12.2. The number of pyridine rings is 1. The lowest BCUT2D eigenvalue weighted by molar-refractivity contribution is 0.0495. The van der Waals surface area contributed by atoms with Gasteiger partial charge in [0.1, 0.15) is 11.5 Å². The first-order chi connectivity index (χ1) is 9.61. The second-order valence-electron chi connectivity index (χ2n) is 4.91. The summed E-state index contributed by atoms with van der Waals surface area (Å²) in [6.07, 6.45) is 1.95. The van der Waals surface area contributed by atoms with Crippen molar-refractivity contribution >= 4 is 23.3 Å². The Balaban J connectivity index is 2.05. The Labute approximate surface area is 123 Å². The molecule has 110 valence electrons. The molecule has 0 saturated carbocycles. The van der Waals surface area contributed by atoms with Gasteiger partial charge in [-0.05, 0) is 30.9 Å². The maximum atomic E-state index is 12.4. The van der Waals surface area contributed by atoms with Crippen molar-refractivity contribution in [2.75, 3.05) is 32.2 Å². The molecule has 20 heavy (non-hydrogen) atoms. The van der Waals surface area contributed by atoms with Crippen molar-refractivity contribution in [2.45, 2.75) is 12.8 Å². The highest BCUT2D eigenvalue weighted by Crippen LogP contribution is 2.20. The Kier molecular flexibility index (Phi) is 5.17. The standard InChI is InChI=1S/C13H19ClN4O2/c1-18(8-9-4-6-20-7-5-9)13(19)12-10(14)2-3-11(16-12)17-15/h2-3,9H,4-8,15H2,1H3,(H,16,17). The van der Waals surface area contributed by atoms with E-state index in [4.69, 9.17) is 22.2 Å². The normalized spacial score (nSPS) is 15.9. The summed E-state index contributed by atoms with van der Waals surface area (Å²) >= 11 is 6.04. The fourth-order valence-corrected chi connectivity index (χ4v) is 2.44. The highest BCUT2D eigenvalue weighted by atomic mass is 35.5. The quantitative estimate of drug-likeness (QED) is 0.651. The summed E-state index contributed by atoms with van der Waals surface area (Å²) in [6, 6.07) is 3.23. The molecule has 0 atom stereocenters. The van der Waals surface area contributed by atoms with Gasteiger partial charge in [-0.2, -0.15) is 0 Å². The van der Waals surface area contributed by atoms with Crippen LogP contribution in [0.5, 0.6) is 0 Å². The Bertz CT molecular complexity index is 477. The number of carbonyl (C=O) groups is 1. The summed E-state index contributed by atoms with van der Waals surface area (Å²) in [7, 11) is 1.76. The lowest BCUT2D eigenvalue weighted by Crippen LogP contribution is -2.34. The number of ether oxygens (including phenoxy) is 1. The van der Waals surface area contributed by atoms with E-state index in [1.165, 1.54) is 0 Å². The van der Waals surface area contributed by atoms with Gasteiger partial charge < -0.3 is 15.1 Å². The van der Waals surface area contributed by atoms with Gasteiger partial charge in [0.15, 0.2) is 0 Å². The highest BCUT2D eigenvalue weighted by molar-refractivity contribution is 6.33. The second-order valence-corrected chi connectivity index (χ2v) is 5.32. The third kappa shape index (κ3) is 3.59. The molecule has 2 rings (SSSR count). The van der Waals surface area contributed by atoms with Gasteiger partial charge in [-0.1, -0.05) is 11.6 Å². The molecule has 2 heterocycles. The van der Waals surface area contributed by atoms with Crippen molar-refractivity contribution in [3.63, 3.8) is 0 Å². The number of anilines is 1. The van der Waals surface area contributed by atoms with E-state index < -0.39 is 0 Å². The number of halogens is 1. The third-order valence-electron chi connectivity index (χ3n) is 3.42. The molecule has 1 aliphatic heterocycles. The van der Waals surface area contributed by atoms with Crippen LogP contribution in [0.15, 0.2) is 12.1 Å². The second kappa shape index (κ2) is 6.88. The monoisotopic (exact) mass is 298 g/mol. The van der Waals surface area contributed by atoms with E-state index in [1.54, 1.807) is 24.1 Å². The van der Waals surface area contributed by atoms with E-state index in [9.17, 15) is 4.79 Å². The van der Waals surface area contributed by atoms with Crippen molar-refractivity contribution in [1.82, 2.24) is 9.88 Å². The van der Waals surface area contributed by atoms with Crippen LogP contribution in [0.3, 0.4) is 0 Å². The molecule has 1 saturated heterocycles. The lowest BCUT2D eigenvalue weighted by atomic mass is 10.00. The number of hydrogen-bond acceptors (Lipinski definition) is 5. The fourth-order valence-electron chi connectivity index (χ4n) is 2.25. The SMILES string of the molecule is CN(CC1CCOCC1)C(=O)c1nc(NN)ccc1Cl. The van der Waals surface area contributed by atoms with Crippen molar-refractivity contribution in [3.05, 3.63) is 22.8 Å². The average Bonchev–Trinajstić information content (AvgIpc) is 2.48. The summed E-state index contributed by atoms with van der Waals surface area (Å²) in [4.78, 5) is 18.2. The molecule has 1 fully saturated rings. The van der Waals surface area contributed by atoms with E-state index in [-0.39, 0.29) is 11.6 Å². The van der Waals surface area contributed by atoms with E-state index >= 15 is 0 Å². The number of carbonyl (C=O) groups excluding carboxylic acids is 1. The molecule has 0 bridgehead atoms. The smallest absolute Gasteiger partial charge is 0.273 e. The number of amides is 1. The molecule has 1 aromatic rings. The number of nitrogens with one attached hydrogen (secondary N) is 1. The maximum Gasteiger partial charge on any atom is 0.273 e. The van der Waals surface area contributed by atoms with Crippen LogP contribution in [-0.4, -0.2) is 42.6 Å². The third-order valence-corrected chi connectivity index (χ3v) is 3.72. The molecule has 0 radical (unpaired) electrons. The van der Waals surface area contributed by atoms with Crippen LogP contribution in [0.2, 0.25) is 5.02 Å². The van der Waals surface area contributed by atoms with Crippen molar-refractivity contribution in [2.24, 2.45) is 11.8 Å². The summed E-state index contributed by atoms with van der Waals surface area (Å²) in [6.45, 7) is 2.21. The summed E-state index contributed by atoms with van der Waals surface area (Å²) in [5.41, 5.74) is 2.63. The van der Waals surface area contributed by atoms with Crippen LogP contribution in [-0.2, 0) is 4.74 Å². The van der Waals surface area contributed by atoms with Gasteiger partial charge in [0.05, 0.1) is 5.02 Å². The minimum atomic E-state index is -0.196. The van der Waals surface area contributed by atoms with Crippen molar-refractivity contribution in [1.29, 1.82) is 0 Å². The highest BCUT2D eigenvalue weighted by Gasteiger charge is 2.22. The number of nitrogen functional groups attached to an aromatic ring is 1. The van der Waals surface area contributed by atoms with Gasteiger partial charge in [-0.25, -0.2) is 10.8 Å². The van der Waals surface area contributed by atoms with Gasteiger partial charge in [-0.15, -0.1) is 0 Å². The van der Waals surface area contributed by atoms with Gasteiger partial charge >= 0.3 is 0 Å². The molecule has 6 nitrogen and oxygen atoms in total. The molecule has 7 heteroatoms. The first-order valence-electron chi connectivity index (χ1n) is 6.58. The number of aromatic nitrogens is 1. The van der Waals surface area contributed by atoms with E-state index in [2.05, 4.69) is 10.4 Å². The predicted octanol–water partition coefficient (Wildman–Crippen LogP) is 1.52. The zero-order chi connectivity index (χ0) is 14.5. The Morgan fingerprint density at radius 3 is 2.90 bits per heavy atom. The van der Waals surface area contributed by atoms with Gasteiger partial charge in [0, 0.05) is 26.8 Å². The topological polar surface area (TPSA) is 80.5 Å². The molecule has 1 aliphatic rings. The number of hydrogen-bond donors (Lipinski definition) is 2. The molecule has 1 aromatic heterocycles. The molecular weight excluding hydrogens is 280 g/mol. The lowest BCUT2D eigenvalue weighted by Gasteiger charge is -2.27. The van der Waals surface area contributed by atoms with Crippen LogP contribution in [0, 0.1) is 5.92 Å². The number of nitrogens with zero attached hydrogens (tertiary/aromatic N) is 2. The molecule has 1 amide bonds. The van der Waals surface area contributed by atoms with Gasteiger partial charge in [0.2, 0.25) is 0 Å².